The van der Waals surface area contributed by atoms with Gasteiger partial charge in [0.15, 0.2) is 0 Å². The molecular weight excluding hydrogens is 423 g/mol. The Hall–Kier alpha value is -1.21. The fourth-order valence-corrected chi connectivity index (χ4v) is 6.33. The summed E-state index contributed by atoms with van der Waals surface area (Å²) in [6.45, 7) is 13.3. The number of nitrogens with zero attached hydrogens (tertiary/aromatic N) is 2. The molecule has 0 fully saturated rings. The van der Waals surface area contributed by atoms with E-state index >= 15 is 0 Å². The van der Waals surface area contributed by atoms with Crippen LogP contribution in [0.25, 0.3) is 0 Å². The summed E-state index contributed by atoms with van der Waals surface area (Å²) in [4.78, 5) is 10.9. The van der Waals surface area contributed by atoms with E-state index < -0.39 is 13.6 Å². The van der Waals surface area contributed by atoms with Crippen LogP contribution in [0.4, 0.5) is 0 Å². The molecule has 0 spiro atoms. The minimum Gasteiger partial charge on any atom is -0.480 e. The molecule has 7 nitrogen and oxygen atoms in total. The molecule has 0 amide bonds. The van der Waals surface area contributed by atoms with Gasteiger partial charge >= 0.3 is 7.60 Å². The molecule has 0 bridgehead atoms. The lowest BCUT2D eigenvalue weighted by Crippen LogP contribution is -2.41. The molecule has 2 heterocycles. The van der Waals surface area contributed by atoms with Crippen LogP contribution in [0.3, 0.4) is 0 Å². The van der Waals surface area contributed by atoms with Crippen molar-refractivity contribution >= 4 is 30.7 Å². The molecule has 0 saturated heterocycles. The fraction of sp³-hybridized carbons (Fsp3) is 0.714. The first-order chi connectivity index (χ1) is 14.4. The minimum atomic E-state index is -3.31. The topological polar surface area (TPSA) is 78.7 Å². The summed E-state index contributed by atoms with van der Waals surface area (Å²) in [5.41, 5.74) is 0. The quantitative estimate of drug-likeness (QED) is 0.416. The van der Waals surface area contributed by atoms with Gasteiger partial charge in [-0.05, 0) is 45.1 Å². The standard InChI is InChI=1S/C21H35N2O5PS/c1-7-25-20-18(15(5)6)22-21(26-8-2)19(23-20)16(17-12-11-13-30-17)14-29(24,27-9-3)28-10-4/h11-13,15-16,18-19H,7-10,14H2,1-6H3/t16-,18-,19+/m0/s1. The van der Waals surface area contributed by atoms with Crippen molar-refractivity contribution in [2.75, 3.05) is 32.6 Å². The second-order valence-corrected chi connectivity index (χ2v) is 10.3. The van der Waals surface area contributed by atoms with E-state index in [1.807, 2.05) is 45.2 Å². The van der Waals surface area contributed by atoms with Gasteiger partial charge in [0.2, 0.25) is 11.8 Å². The van der Waals surface area contributed by atoms with Gasteiger partial charge in [0.25, 0.3) is 0 Å². The molecule has 170 valence electrons. The Bertz CT molecular complexity index is 741. The molecule has 0 radical (unpaired) electrons. The van der Waals surface area contributed by atoms with E-state index in [9.17, 15) is 4.57 Å². The molecule has 3 atom stereocenters. The van der Waals surface area contributed by atoms with Gasteiger partial charge in [-0.15, -0.1) is 11.3 Å². The molecule has 0 N–H and O–H groups in total. The van der Waals surface area contributed by atoms with Crippen LogP contribution in [0.1, 0.15) is 52.3 Å². The predicted octanol–water partition coefficient (Wildman–Crippen LogP) is 5.37. The van der Waals surface area contributed by atoms with Crippen molar-refractivity contribution < 1.29 is 23.1 Å². The van der Waals surface area contributed by atoms with Gasteiger partial charge in [0, 0.05) is 10.8 Å². The van der Waals surface area contributed by atoms with Crippen LogP contribution in [-0.4, -0.2) is 56.5 Å². The molecule has 1 aromatic rings. The minimum absolute atomic E-state index is 0.196. The fourth-order valence-electron chi connectivity index (χ4n) is 3.40. The first-order valence-electron chi connectivity index (χ1n) is 10.7. The Kier molecular flexibility index (Phi) is 10.0. The Balaban J connectivity index is 2.51. The van der Waals surface area contributed by atoms with Crippen LogP contribution in [0.5, 0.6) is 0 Å². The molecule has 0 unspecified atom stereocenters. The third-order valence-electron chi connectivity index (χ3n) is 4.62. The summed E-state index contributed by atoms with van der Waals surface area (Å²) in [5, 5.41) is 2.00. The van der Waals surface area contributed by atoms with E-state index in [1.54, 1.807) is 11.3 Å². The highest BCUT2D eigenvalue weighted by Crippen LogP contribution is 2.53. The smallest absolute Gasteiger partial charge is 0.331 e. The van der Waals surface area contributed by atoms with Gasteiger partial charge in [-0.1, -0.05) is 19.9 Å². The Labute approximate surface area is 184 Å². The first-order valence-corrected chi connectivity index (χ1v) is 13.3. The molecule has 30 heavy (non-hydrogen) atoms. The highest BCUT2D eigenvalue weighted by atomic mass is 32.1. The number of rotatable bonds is 11. The molecular formula is C21H35N2O5PS. The van der Waals surface area contributed by atoms with Gasteiger partial charge in [-0.25, -0.2) is 9.98 Å². The van der Waals surface area contributed by atoms with E-state index in [1.165, 1.54) is 0 Å². The third kappa shape index (κ3) is 6.39. The summed E-state index contributed by atoms with van der Waals surface area (Å²) in [6, 6.07) is 3.35. The van der Waals surface area contributed by atoms with Crippen LogP contribution in [0.15, 0.2) is 27.5 Å². The van der Waals surface area contributed by atoms with Crippen molar-refractivity contribution in [3.05, 3.63) is 22.4 Å². The molecule has 0 aromatic carbocycles. The van der Waals surface area contributed by atoms with Crippen molar-refractivity contribution in [3.63, 3.8) is 0 Å². The zero-order chi connectivity index (χ0) is 22.1. The lowest BCUT2D eigenvalue weighted by Gasteiger charge is -2.32. The zero-order valence-electron chi connectivity index (χ0n) is 18.9. The summed E-state index contributed by atoms with van der Waals surface area (Å²) in [6.07, 6.45) is 0.196. The predicted molar refractivity (Wildman–Crippen MR) is 123 cm³/mol. The van der Waals surface area contributed by atoms with Crippen LogP contribution in [-0.2, 0) is 23.1 Å². The maximum Gasteiger partial charge on any atom is 0.331 e. The highest BCUT2D eigenvalue weighted by molar-refractivity contribution is 7.53. The molecule has 0 aliphatic carbocycles. The second-order valence-electron chi connectivity index (χ2n) is 7.19. The van der Waals surface area contributed by atoms with Gasteiger partial charge in [0.05, 0.1) is 32.6 Å². The largest absolute Gasteiger partial charge is 0.480 e. The number of aliphatic imine (C=N–C) groups is 2. The molecule has 9 heteroatoms. The molecule has 1 aliphatic heterocycles. The van der Waals surface area contributed by atoms with E-state index in [0.29, 0.717) is 38.2 Å². The summed E-state index contributed by atoms with van der Waals surface area (Å²) in [7, 11) is -3.31. The number of thiophene rings is 1. The normalized spacial score (nSPS) is 20.6. The van der Waals surface area contributed by atoms with Crippen LogP contribution in [0.2, 0.25) is 0 Å². The Morgan fingerprint density at radius 2 is 1.53 bits per heavy atom. The van der Waals surface area contributed by atoms with Gasteiger partial charge < -0.3 is 18.5 Å². The lowest BCUT2D eigenvalue weighted by atomic mass is 9.96. The first kappa shape index (κ1) is 25.1. The third-order valence-corrected chi connectivity index (χ3v) is 7.76. The maximum absolute atomic E-state index is 13.4. The van der Waals surface area contributed by atoms with Crippen molar-refractivity contribution in [2.24, 2.45) is 15.9 Å². The van der Waals surface area contributed by atoms with E-state index in [4.69, 9.17) is 28.5 Å². The van der Waals surface area contributed by atoms with Crippen molar-refractivity contribution in [1.29, 1.82) is 0 Å². The number of ether oxygens (including phenoxy) is 2. The highest BCUT2D eigenvalue weighted by Gasteiger charge is 2.41. The average Bonchev–Trinajstić information content (AvgIpc) is 3.22. The summed E-state index contributed by atoms with van der Waals surface area (Å²) in [5.74, 6) is 1.11. The molecule has 2 rings (SSSR count). The molecule has 0 saturated carbocycles. The van der Waals surface area contributed by atoms with Crippen molar-refractivity contribution in [3.8, 4) is 0 Å². The second kappa shape index (κ2) is 12.0. The van der Waals surface area contributed by atoms with E-state index in [2.05, 4.69) is 13.8 Å². The molecule has 1 aliphatic rings. The van der Waals surface area contributed by atoms with Crippen LogP contribution >= 0.6 is 18.9 Å². The van der Waals surface area contributed by atoms with E-state index in [-0.39, 0.29) is 24.0 Å². The average molecular weight is 459 g/mol. The lowest BCUT2D eigenvalue weighted by molar-refractivity contribution is 0.217. The maximum atomic E-state index is 13.4. The van der Waals surface area contributed by atoms with Crippen LogP contribution in [0, 0.1) is 5.92 Å². The number of hydrogen-bond acceptors (Lipinski definition) is 8. The van der Waals surface area contributed by atoms with Crippen molar-refractivity contribution in [1.82, 2.24) is 0 Å². The monoisotopic (exact) mass is 458 g/mol. The van der Waals surface area contributed by atoms with Gasteiger partial charge in [0.1, 0.15) is 12.1 Å². The molecule has 1 aromatic heterocycles. The Morgan fingerprint density at radius 1 is 0.967 bits per heavy atom. The number of hydrogen-bond donors (Lipinski definition) is 0. The van der Waals surface area contributed by atoms with Gasteiger partial charge in [-0.2, -0.15) is 0 Å². The summed E-state index contributed by atoms with van der Waals surface area (Å²) >= 11 is 1.59. The van der Waals surface area contributed by atoms with E-state index in [0.717, 1.165) is 4.88 Å². The van der Waals surface area contributed by atoms with Gasteiger partial charge in [-0.3, -0.25) is 4.57 Å². The van der Waals surface area contributed by atoms with Crippen molar-refractivity contribution in [2.45, 2.75) is 59.5 Å². The zero-order valence-corrected chi connectivity index (χ0v) is 20.6. The van der Waals surface area contributed by atoms with Crippen LogP contribution < -0.4 is 0 Å². The SMILES string of the molecule is CCOC1=N[C@H]([C@@H](CP(=O)(OCC)OCC)c2cccs2)C(OCC)=N[C@H]1C(C)C. The Morgan fingerprint density at radius 3 is 2.00 bits per heavy atom. The summed E-state index contributed by atoms with van der Waals surface area (Å²) < 4.78 is 36.4.